The van der Waals surface area contributed by atoms with Crippen LogP contribution < -0.4 is 0 Å². The number of hydrogen-bond acceptors (Lipinski definition) is 2. The van der Waals surface area contributed by atoms with Gasteiger partial charge in [0.15, 0.2) is 0 Å². The van der Waals surface area contributed by atoms with Crippen molar-refractivity contribution in [3.8, 4) is 0 Å². The number of rotatable bonds is 6. The summed E-state index contributed by atoms with van der Waals surface area (Å²) in [5.41, 5.74) is -13.9. The lowest BCUT2D eigenvalue weighted by Gasteiger charge is -2.39. The molecule has 20 heteroatoms. The Bertz CT molecular complexity index is 460. The second-order valence-electron chi connectivity index (χ2n) is 5.40. The molecule has 2 nitrogen and oxygen atoms in total. The van der Waals surface area contributed by atoms with Gasteiger partial charge in [0.1, 0.15) is 0 Å². The Morgan fingerprint density at radius 2 is 0.484 bits per heavy atom. The van der Waals surface area contributed by atoms with Crippen molar-refractivity contribution >= 4 is 0 Å². The molecule has 0 rings (SSSR count). The summed E-state index contributed by atoms with van der Waals surface area (Å²) in [6.45, 7) is -5.11. The lowest BCUT2D eigenvalue weighted by Crippen LogP contribution is -2.68. The maximum atomic E-state index is 12.5. The predicted octanol–water partition coefficient (Wildman–Crippen LogP) is 6.26. The average Bonchev–Trinajstić information content (AvgIpc) is 2.37. The van der Waals surface area contributed by atoms with Crippen LogP contribution in [0, 0.1) is 0 Å². The van der Waals surface area contributed by atoms with Crippen LogP contribution in [0.15, 0.2) is 0 Å². The molecule has 0 bridgehead atoms. The molecule has 0 aromatic rings. The monoisotopic (exact) mass is 512 g/mol. The van der Waals surface area contributed by atoms with Gasteiger partial charge in [-0.1, -0.05) is 0 Å². The van der Waals surface area contributed by atoms with Crippen molar-refractivity contribution in [1.82, 2.24) is 0 Å². The van der Waals surface area contributed by atoms with E-state index >= 15 is 0 Å². The van der Waals surface area contributed by atoms with Crippen molar-refractivity contribution in [3.63, 3.8) is 0 Å². The van der Waals surface area contributed by atoms with E-state index < -0.39 is 67.9 Å². The van der Waals surface area contributed by atoms with E-state index in [9.17, 15) is 79.0 Å². The molecular formula is C11H6F18O2. The molecule has 31 heavy (non-hydrogen) atoms. The molecule has 0 heterocycles. The second-order valence-corrected chi connectivity index (χ2v) is 5.40. The van der Waals surface area contributed by atoms with Crippen LogP contribution in [0.2, 0.25) is 0 Å². The average molecular weight is 512 g/mol. The fourth-order valence-electron chi connectivity index (χ4n) is 1.96. The quantitative estimate of drug-likeness (QED) is 0.309. The van der Waals surface area contributed by atoms with Crippen LogP contribution in [0.5, 0.6) is 0 Å². The van der Waals surface area contributed by atoms with Crippen LogP contribution in [0.4, 0.5) is 79.0 Å². The van der Waals surface area contributed by atoms with Gasteiger partial charge in [0.25, 0.3) is 0 Å². The molecule has 188 valence electrons. The van der Waals surface area contributed by atoms with Crippen molar-refractivity contribution in [2.24, 2.45) is 0 Å². The van der Waals surface area contributed by atoms with Crippen molar-refractivity contribution in [2.75, 3.05) is 13.2 Å². The molecule has 0 aliphatic carbocycles. The minimum absolute atomic E-state index is 2.10. The molecule has 0 saturated carbocycles. The standard InChI is InChI=1S/C11H6F18O2/c12-6(13,14)4(7(15,16)17,8(18,19)20)30-2-1-3-31-5(9(21,22)23,10(24,25)26)11(27,28)29/h1-3H2. The smallest absolute Gasteiger partial charge is 0.351 e. The Morgan fingerprint density at radius 1 is 0.323 bits per heavy atom. The van der Waals surface area contributed by atoms with Gasteiger partial charge in [-0.15, -0.1) is 0 Å². The molecule has 0 spiro atoms. The van der Waals surface area contributed by atoms with Gasteiger partial charge in [-0.2, -0.15) is 79.0 Å². The van der Waals surface area contributed by atoms with Crippen LogP contribution in [0.1, 0.15) is 6.42 Å². The summed E-state index contributed by atoms with van der Waals surface area (Å²) in [4.78, 5) is 0. The zero-order valence-electron chi connectivity index (χ0n) is 13.7. The fraction of sp³-hybridized carbons (Fsp3) is 1.00. The number of alkyl halides is 18. The highest BCUT2D eigenvalue weighted by Gasteiger charge is 2.86. The molecule has 0 aliphatic rings. The van der Waals surface area contributed by atoms with Gasteiger partial charge in [-0.25, -0.2) is 0 Å². The summed E-state index contributed by atoms with van der Waals surface area (Å²) in [5.74, 6) is 0. The van der Waals surface area contributed by atoms with Gasteiger partial charge in [0.2, 0.25) is 0 Å². The SMILES string of the molecule is FC(F)(F)C(OCCCOC(C(F)(F)F)(C(F)(F)F)C(F)(F)F)(C(F)(F)F)C(F)(F)F. The predicted molar refractivity (Wildman–Crippen MR) is 58.3 cm³/mol. The number of hydrogen-bond donors (Lipinski definition) is 0. The molecule has 0 atom stereocenters. The number of halogens is 18. The first-order chi connectivity index (χ1) is 13.2. The van der Waals surface area contributed by atoms with Crippen molar-refractivity contribution in [1.29, 1.82) is 0 Å². The van der Waals surface area contributed by atoms with Crippen LogP contribution in [0.3, 0.4) is 0 Å². The summed E-state index contributed by atoms with van der Waals surface area (Å²) in [5, 5.41) is 0. The normalized spacial score (nSPS) is 16.1. The zero-order valence-corrected chi connectivity index (χ0v) is 13.7. The van der Waals surface area contributed by atoms with Crippen LogP contribution >= 0.6 is 0 Å². The maximum absolute atomic E-state index is 12.5. The van der Waals surface area contributed by atoms with E-state index in [1.165, 1.54) is 0 Å². The zero-order chi connectivity index (χ0) is 25.5. The van der Waals surface area contributed by atoms with Gasteiger partial charge in [-0.3, -0.25) is 0 Å². The molecular weight excluding hydrogens is 506 g/mol. The summed E-state index contributed by atoms with van der Waals surface area (Å²) in [7, 11) is 0. The Morgan fingerprint density at radius 3 is 0.613 bits per heavy atom. The van der Waals surface area contributed by atoms with E-state index in [0.717, 1.165) is 0 Å². The topological polar surface area (TPSA) is 18.5 Å². The van der Waals surface area contributed by atoms with Crippen molar-refractivity contribution in [3.05, 3.63) is 0 Å². The molecule has 0 aromatic heterocycles. The minimum atomic E-state index is -7.28. The molecule has 0 unspecified atom stereocenters. The van der Waals surface area contributed by atoms with E-state index in [4.69, 9.17) is 0 Å². The van der Waals surface area contributed by atoms with Gasteiger partial charge in [0.05, 0.1) is 13.2 Å². The summed E-state index contributed by atoms with van der Waals surface area (Å²) >= 11 is 0. The number of ether oxygens (including phenoxy) is 2. The molecule has 0 aliphatic heterocycles. The first-order valence-electron chi connectivity index (χ1n) is 6.89. The summed E-state index contributed by atoms with van der Waals surface area (Å²) in [6, 6.07) is 0. The van der Waals surface area contributed by atoms with Crippen LogP contribution in [0.25, 0.3) is 0 Å². The highest BCUT2D eigenvalue weighted by atomic mass is 19.4. The first kappa shape index (κ1) is 29.7. The summed E-state index contributed by atoms with van der Waals surface area (Å²) < 4.78 is 230. The van der Waals surface area contributed by atoms with E-state index in [1.807, 2.05) is 0 Å². The molecule has 0 aromatic carbocycles. The van der Waals surface area contributed by atoms with Crippen LogP contribution in [-0.4, -0.2) is 61.5 Å². The van der Waals surface area contributed by atoms with E-state index in [2.05, 4.69) is 9.47 Å². The Balaban J connectivity index is 5.77. The molecule has 0 saturated heterocycles. The third kappa shape index (κ3) is 5.19. The van der Waals surface area contributed by atoms with E-state index in [0.29, 0.717) is 0 Å². The van der Waals surface area contributed by atoms with Crippen molar-refractivity contribution < 1.29 is 88.5 Å². The third-order valence-corrected chi connectivity index (χ3v) is 3.32. The molecule has 0 amide bonds. The van der Waals surface area contributed by atoms with Crippen LogP contribution in [-0.2, 0) is 9.47 Å². The lowest BCUT2D eigenvalue weighted by atomic mass is 10.0. The first-order valence-corrected chi connectivity index (χ1v) is 6.89. The third-order valence-electron chi connectivity index (χ3n) is 3.32. The van der Waals surface area contributed by atoms with Gasteiger partial charge >= 0.3 is 48.3 Å². The second kappa shape index (κ2) is 8.22. The van der Waals surface area contributed by atoms with Gasteiger partial charge in [-0.05, 0) is 6.42 Å². The Hall–Kier alpha value is -1.34. The molecule has 0 radical (unpaired) electrons. The fourth-order valence-corrected chi connectivity index (χ4v) is 1.96. The lowest BCUT2D eigenvalue weighted by molar-refractivity contribution is -0.461. The Labute approximate surface area is 158 Å². The Kier molecular flexibility index (Phi) is 7.86. The summed E-state index contributed by atoms with van der Waals surface area (Å²) in [6.07, 6.45) is -45.8. The maximum Gasteiger partial charge on any atom is 0.435 e. The van der Waals surface area contributed by atoms with Gasteiger partial charge < -0.3 is 9.47 Å². The largest absolute Gasteiger partial charge is 0.435 e. The highest BCUT2D eigenvalue weighted by molar-refractivity contribution is 5.03. The minimum Gasteiger partial charge on any atom is -0.351 e. The van der Waals surface area contributed by atoms with E-state index in [-0.39, 0.29) is 0 Å². The van der Waals surface area contributed by atoms with Crippen molar-refractivity contribution in [2.45, 2.75) is 54.7 Å². The highest BCUT2D eigenvalue weighted by Crippen LogP contribution is 2.56. The molecule has 0 fully saturated rings. The van der Waals surface area contributed by atoms with E-state index in [1.54, 1.807) is 0 Å². The van der Waals surface area contributed by atoms with Gasteiger partial charge in [0, 0.05) is 0 Å². The molecule has 0 N–H and O–H groups in total.